The standard InChI is InChI=1S/C14H19N3O2S/c1-9(2)8-17-13(15-16-14(17)20)11-7-10(18-3)5-6-12(11)19-4/h5-7,9H,8H2,1-4H3,(H,16,20). The number of nitrogens with one attached hydrogen (secondary N) is 1. The first kappa shape index (κ1) is 14.6. The van der Waals surface area contributed by atoms with Crippen LogP contribution < -0.4 is 9.47 Å². The molecule has 2 aromatic rings. The van der Waals surface area contributed by atoms with Crippen LogP contribution in [0.15, 0.2) is 18.2 Å². The molecule has 20 heavy (non-hydrogen) atoms. The molecule has 0 fully saturated rings. The number of aromatic amines is 1. The summed E-state index contributed by atoms with van der Waals surface area (Å²) in [4.78, 5) is 0. The SMILES string of the molecule is COc1ccc(OC)c(-c2n[nH]c(=S)n2CC(C)C)c1. The average Bonchev–Trinajstić information content (AvgIpc) is 2.79. The first-order valence-corrected chi connectivity index (χ1v) is 6.85. The molecule has 0 aliphatic rings. The molecule has 1 aromatic heterocycles. The number of hydrogen-bond donors (Lipinski definition) is 1. The fourth-order valence-corrected chi connectivity index (χ4v) is 2.25. The first-order chi connectivity index (χ1) is 9.56. The lowest BCUT2D eigenvalue weighted by Crippen LogP contribution is -2.07. The van der Waals surface area contributed by atoms with Gasteiger partial charge in [0.1, 0.15) is 11.5 Å². The van der Waals surface area contributed by atoms with Gasteiger partial charge in [-0.15, -0.1) is 0 Å². The Balaban J connectivity index is 2.58. The molecule has 0 radical (unpaired) electrons. The molecule has 1 aromatic carbocycles. The molecule has 6 heteroatoms. The number of hydrogen-bond acceptors (Lipinski definition) is 4. The minimum atomic E-state index is 0.467. The van der Waals surface area contributed by atoms with Crippen molar-refractivity contribution in [3.05, 3.63) is 23.0 Å². The van der Waals surface area contributed by atoms with Crippen molar-refractivity contribution in [3.63, 3.8) is 0 Å². The van der Waals surface area contributed by atoms with Crippen molar-refractivity contribution in [2.45, 2.75) is 20.4 Å². The molecule has 1 N–H and O–H groups in total. The van der Waals surface area contributed by atoms with Crippen molar-refractivity contribution in [1.29, 1.82) is 0 Å². The number of nitrogens with zero attached hydrogens (tertiary/aromatic N) is 2. The van der Waals surface area contributed by atoms with Crippen molar-refractivity contribution < 1.29 is 9.47 Å². The van der Waals surface area contributed by atoms with Crippen LogP contribution >= 0.6 is 12.2 Å². The maximum atomic E-state index is 5.41. The molecule has 0 spiro atoms. The van der Waals surface area contributed by atoms with E-state index in [9.17, 15) is 0 Å². The van der Waals surface area contributed by atoms with Crippen molar-refractivity contribution in [3.8, 4) is 22.9 Å². The van der Waals surface area contributed by atoms with Gasteiger partial charge in [0.25, 0.3) is 0 Å². The summed E-state index contributed by atoms with van der Waals surface area (Å²) in [7, 11) is 3.27. The predicted molar refractivity (Wildman–Crippen MR) is 80.8 cm³/mol. The second kappa shape index (κ2) is 6.09. The van der Waals surface area contributed by atoms with E-state index < -0.39 is 0 Å². The summed E-state index contributed by atoms with van der Waals surface area (Å²) in [6.07, 6.45) is 0. The zero-order valence-electron chi connectivity index (χ0n) is 12.1. The van der Waals surface area contributed by atoms with Gasteiger partial charge in [0, 0.05) is 6.54 Å². The number of benzene rings is 1. The molecular formula is C14H19N3O2S. The van der Waals surface area contributed by atoms with Crippen molar-refractivity contribution in [2.75, 3.05) is 14.2 Å². The molecule has 0 bridgehead atoms. The fourth-order valence-electron chi connectivity index (χ4n) is 2.05. The normalized spacial score (nSPS) is 10.8. The van der Waals surface area contributed by atoms with Crippen LogP contribution in [0.5, 0.6) is 11.5 Å². The zero-order valence-corrected chi connectivity index (χ0v) is 13.0. The van der Waals surface area contributed by atoms with Crippen LogP contribution in [0, 0.1) is 10.7 Å². The second-order valence-electron chi connectivity index (χ2n) is 4.92. The van der Waals surface area contributed by atoms with Gasteiger partial charge in [0.2, 0.25) is 0 Å². The molecule has 5 nitrogen and oxygen atoms in total. The van der Waals surface area contributed by atoms with Crippen molar-refractivity contribution in [1.82, 2.24) is 14.8 Å². The van der Waals surface area contributed by atoms with Crippen LogP contribution in [0.25, 0.3) is 11.4 Å². The maximum Gasteiger partial charge on any atom is 0.195 e. The van der Waals surface area contributed by atoms with E-state index in [1.807, 2.05) is 22.8 Å². The quantitative estimate of drug-likeness (QED) is 0.860. The highest BCUT2D eigenvalue weighted by atomic mass is 32.1. The topological polar surface area (TPSA) is 52.1 Å². The Kier molecular flexibility index (Phi) is 4.44. The number of aromatic nitrogens is 3. The molecule has 1 heterocycles. The van der Waals surface area contributed by atoms with Gasteiger partial charge in [-0.1, -0.05) is 13.8 Å². The molecule has 0 saturated heterocycles. The van der Waals surface area contributed by atoms with E-state index in [1.165, 1.54) is 0 Å². The highest BCUT2D eigenvalue weighted by Crippen LogP contribution is 2.32. The van der Waals surface area contributed by atoms with Gasteiger partial charge < -0.3 is 9.47 Å². The van der Waals surface area contributed by atoms with E-state index in [2.05, 4.69) is 24.0 Å². The molecule has 2 rings (SSSR count). The molecular weight excluding hydrogens is 274 g/mol. The lowest BCUT2D eigenvalue weighted by molar-refractivity contribution is 0.403. The third-order valence-electron chi connectivity index (χ3n) is 2.95. The van der Waals surface area contributed by atoms with E-state index in [-0.39, 0.29) is 0 Å². The van der Waals surface area contributed by atoms with Crippen LogP contribution in [-0.2, 0) is 6.54 Å². The van der Waals surface area contributed by atoms with E-state index in [4.69, 9.17) is 21.7 Å². The van der Waals surface area contributed by atoms with Gasteiger partial charge in [-0.2, -0.15) is 5.10 Å². The van der Waals surface area contributed by atoms with Crippen molar-refractivity contribution in [2.24, 2.45) is 5.92 Å². The molecule has 0 aliphatic heterocycles. The van der Waals surface area contributed by atoms with E-state index in [1.54, 1.807) is 14.2 Å². The Morgan fingerprint density at radius 2 is 2.05 bits per heavy atom. The minimum absolute atomic E-state index is 0.467. The van der Waals surface area contributed by atoms with E-state index in [0.29, 0.717) is 10.7 Å². The highest BCUT2D eigenvalue weighted by Gasteiger charge is 2.15. The van der Waals surface area contributed by atoms with Gasteiger partial charge >= 0.3 is 0 Å². The van der Waals surface area contributed by atoms with Gasteiger partial charge in [-0.25, -0.2) is 0 Å². The third-order valence-corrected chi connectivity index (χ3v) is 3.27. The first-order valence-electron chi connectivity index (χ1n) is 6.44. The molecule has 0 unspecified atom stereocenters. The Morgan fingerprint density at radius 3 is 2.65 bits per heavy atom. The lowest BCUT2D eigenvalue weighted by atomic mass is 10.1. The van der Waals surface area contributed by atoms with Gasteiger partial charge in [0.15, 0.2) is 10.6 Å². The Hall–Kier alpha value is -1.82. The second-order valence-corrected chi connectivity index (χ2v) is 5.31. The smallest absolute Gasteiger partial charge is 0.195 e. The van der Waals surface area contributed by atoms with Crippen molar-refractivity contribution >= 4 is 12.2 Å². The lowest BCUT2D eigenvalue weighted by Gasteiger charge is -2.13. The monoisotopic (exact) mass is 293 g/mol. The summed E-state index contributed by atoms with van der Waals surface area (Å²) < 4.78 is 13.3. The zero-order chi connectivity index (χ0) is 14.7. The molecule has 0 aliphatic carbocycles. The highest BCUT2D eigenvalue weighted by molar-refractivity contribution is 7.71. The summed E-state index contributed by atoms with van der Waals surface area (Å²) in [5, 5.41) is 7.18. The minimum Gasteiger partial charge on any atom is -0.497 e. The maximum absolute atomic E-state index is 5.41. The summed E-state index contributed by atoms with van der Waals surface area (Å²) in [5.74, 6) is 2.73. The largest absolute Gasteiger partial charge is 0.497 e. The predicted octanol–water partition coefficient (Wildman–Crippen LogP) is 3.28. The van der Waals surface area contributed by atoms with Crippen LogP contribution in [-0.4, -0.2) is 29.0 Å². The average molecular weight is 293 g/mol. The number of H-pyrrole nitrogens is 1. The molecule has 0 atom stereocenters. The van der Waals surface area contributed by atoms with Crippen LogP contribution in [0.1, 0.15) is 13.8 Å². The summed E-state index contributed by atoms with van der Waals surface area (Å²) in [5.41, 5.74) is 0.861. The fraction of sp³-hybridized carbons (Fsp3) is 0.429. The van der Waals surface area contributed by atoms with Crippen LogP contribution in [0.3, 0.4) is 0 Å². The molecule has 0 saturated carbocycles. The summed E-state index contributed by atoms with van der Waals surface area (Å²) in [6.45, 7) is 5.08. The Morgan fingerprint density at radius 1 is 1.30 bits per heavy atom. The Bertz CT molecular complexity index is 646. The number of ether oxygens (including phenoxy) is 2. The van der Waals surface area contributed by atoms with Crippen LogP contribution in [0.4, 0.5) is 0 Å². The van der Waals surface area contributed by atoms with Gasteiger partial charge in [-0.3, -0.25) is 9.67 Å². The number of rotatable bonds is 5. The van der Waals surface area contributed by atoms with Gasteiger partial charge in [-0.05, 0) is 36.3 Å². The summed E-state index contributed by atoms with van der Waals surface area (Å²) >= 11 is 5.30. The van der Waals surface area contributed by atoms with Crippen LogP contribution in [0.2, 0.25) is 0 Å². The summed E-state index contributed by atoms with van der Waals surface area (Å²) in [6, 6.07) is 5.63. The molecule has 108 valence electrons. The van der Waals surface area contributed by atoms with E-state index in [0.717, 1.165) is 29.4 Å². The van der Waals surface area contributed by atoms with Gasteiger partial charge in [0.05, 0.1) is 19.8 Å². The Labute approximate surface area is 123 Å². The molecule has 0 amide bonds. The third kappa shape index (κ3) is 2.85. The van der Waals surface area contributed by atoms with E-state index >= 15 is 0 Å². The number of methoxy groups -OCH3 is 2.